The van der Waals surface area contributed by atoms with Crippen molar-refractivity contribution in [2.75, 3.05) is 0 Å². The number of aromatic nitrogens is 1. The van der Waals surface area contributed by atoms with Crippen molar-refractivity contribution in [1.82, 2.24) is 15.6 Å². The Labute approximate surface area is 176 Å². The third-order valence-corrected chi connectivity index (χ3v) is 5.01. The molecule has 2 atom stereocenters. The largest absolute Gasteiger partial charge is 0.361 e. The van der Waals surface area contributed by atoms with E-state index in [1.807, 2.05) is 60.8 Å². The maximum atomic E-state index is 12.6. The van der Waals surface area contributed by atoms with E-state index >= 15 is 0 Å². The van der Waals surface area contributed by atoms with Crippen LogP contribution in [0.5, 0.6) is 0 Å². The zero-order valence-electron chi connectivity index (χ0n) is 17.0. The van der Waals surface area contributed by atoms with Crippen molar-refractivity contribution in [3.63, 3.8) is 0 Å². The summed E-state index contributed by atoms with van der Waals surface area (Å²) in [5.74, 6) is -0.520. The van der Waals surface area contributed by atoms with Gasteiger partial charge in [-0.25, -0.2) is 0 Å². The summed E-state index contributed by atoms with van der Waals surface area (Å²) in [6.07, 6.45) is 4.14. The number of benzene rings is 2. The second-order valence-electron chi connectivity index (χ2n) is 7.38. The van der Waals surface area contributed by atoms with Crippen molar-refractivity contribution >= 4 is 22.7 Å². The molecule has 6 heteroatoms. The Kier molecular flexibility index (Phi) is 7.23. The van der Waals surface area contributed by atoms with Crippen molar-refractivity contribution in [2.24, 2.45) is 0 Å². The smallest absolute Gasteiger partial charge is 0.243 e. The number of hydrogen-bond acceptors (Lipinski definition) is 3. The van der Waals surface area contributed by atoms with Crippen molar-refractivity contribution in [1.29, 1.82) is 5.26 Å². The molecule has 0 aliphatic heterocycles. The number of para-hydroxylation sites is 1. The highest BCUT2D eigenvalue weighted by atomic mass is 16.2. The average molecular weight is 402 g/mol. The lowest BCUT2D eigenvalue weighted by atomic mass is 10.0. The topological polar surface area (TPSA) is 97.8 Å². The minimum absolute atomic E-state index is 0.171. The minimum atomic E-state index is -0.719. The van der Waals surface area contributed by atoms with Gasteiger partial charge in [-0.1, -0.05) is 48.5 Å². The second kappa shape index (κ2) is 10.3. The number of nitriles is 1. The molecule has 2 unspecified atom stereocenters. The molecule has 154 valence electrons. The molecular weight excluding hydrogens is 376 g/mol. The molecule has 3 N–H and O–H groups in total. The van der Waals surface area contributed by atoms with Gasteiger partial charge >= 0.3 is 0 Å². The van der Waals surface area contributed by atoms with Crippen LogP contribution in [0.25, 0.3) is 10.9 Å². The van der Waals surface area contributed by atoms with E-state index in [-0.39, 0.29) is 11.8 Å². The molecule has 0 aliphatic carbocycles. The fourth-order valence-corrected chi connectivity index (χ4v) is 3.45. The van der Waals surface area contributed by atoms with Gasteiger partial charge in [-0.15, -0.1) is 0 Å². The first-order valence-electron chi connectivity index (χ1n) is 10.1. The molecule has 3 aromatic rings. The number of H-pyrrole nitrogens is 1. The number of fused-ring (bicyclic) bond motifs is 1. The van der Waals surface area contributed by atoms with Crippen molar-refractivity contribution in [3.8, 4) is 6.07 Å². The number of carbonyl (C=O) groups excluding carboxylic acids is 2. The normalized spacial score (nSPS) is 12.7. The van der Waals surface area contributed by atoms with Gasteiger partial charge in [-0.05, 0) is 37.0 Å². The first-order chi connectivity index (χ1) is 14.6. The average Bonchev–Trinajstić information content (AvgIpc) is 3.17. The third-order valence-electron chi connectivity index (χ3n) is 5.01. The molecule has 0 aliphatic rings. The lowest BCUT2D eigenvalue weighted by Gasteiger charge is -2.19. The molecule has 0 saturated carbocycles. The van der Waals surface area contributed by atoms with Crippen LogP contribution in [0, 0.1) is 11.3 Å². The maximum Gasteiger partial charge on any atom is 0.243 e. The summed E-state index contributed by atoms with van der Waals surface area (Å²) in [5, 5.41) is 15.6. The van der Waals surface area contributed by atoms with Gasteiger partial charge in [0, 0.05) is 29.9 Å². The first-order valence-corrected chi connectivity index (χ1v) is 10.1. The molecule has 0 saturated heterocycles. The minimum Gasteiger partial charge on any atom is -0.361 e. The second-order valence-corrected chi connectivity index (χ2v) is 7.38. The van der Waals surface area contributed by atoms with Gasteiger partial charge in [0.2, 0.25) is 11.8 Å². The van der Waals surface area contributed by atoms with E-state index < -0.39 is 12.1 Å². The fourth-order valence-electron chi connectivity index (χ4n) is 3.45. The molecular formula is C24H26N4O2. The lowest BCUT2D eigenvalue weighted by Crippen LogP contribution is -2.49. The quantitative estimate of drug-likeness (QED) is 0.512. The van der Waals surface area contributed by atoms with Crippen LogP contribution < -0.4 is 10.6 Å². The van der Waals surface area contributed by atoms with Gasteiger partial charge in [-0.3, -0.25) is 9.59 Å². The van der Waals surface area contributed by atoms with Crippen LogP contribution in [0.15, 0.2) is 60.8 Å². The standard InChI is InChI=1S/C24H26N4O2/c1-17(15-25)27-24(30)22(14-18-8-3-2-4-9-18)28-23(29)13-7-10-19-16-26-21-12-6-5-11-20(19)21/h2-6,8-9,11-12,16-17,22,26H,7,10,13-14H2,1H3,(H,27,30)(H,28,29). The van der Waals surface area contributed by atoms with E-state index in [4.69, 9.17) is 5.26 Å². The van der Waals surface area contributed by atoms with Crippen LogP contribution in [0.2, 0.25) is 0 Å². The van der Waals surface area contributed by atoms with Gasteiger partial charge in [0.1, 0.15) is 12.1 Å². The predicted octanol–water partition coefficient (Wildman–Crippen LogP) is 3.25. The Hall–Kier alpha value is -3.59. The van der Waals surface area contributed by atoms with Gasteiger partial charge < -0.3 is 15.6 Å². The number of nitrogens with one attached hydrogen (secondary N) is 3. The van der Waals surface area contributed by atoms with Crippen molar-refractivity contribution in [2.45, 2.75) is 44.7 Å². The fraction of sp³-hybridized carbons (Fsp3) is 0.292. The van der Waals surface area contributed by atoms with E-state index in [1.165, 1.54) is 10.9 Å². The zero-order chi connectivity index (χ0) is 21.3. The molecule has 1 heterocycles. The van der Waals surface area contributed by atoms with Crippen LogP contribution in [0.3, 0.4) is 0 Å². The summed E-state index contributed by atoms with van der Waals surface area (Å²) >= 11 is 0. The Bertz CT molecular complexity index is 1040. The van der Waals surface area contributed by atoms with Crippen molar-refractivity contribution < 1.29 is 9.59 Å². The number of aryl methyl sites for hydroxylation is 1. The highest BCUT2D eigenvalue weighted by molar-refractivity contribution is 5.88. The van der Waals surface area contributed by atoms with Crippen molar-refractivity contribution in [3.05, 3.63) is 71.9 Å². The van der Waals surface area contributed by atoms with Gasteiger partial charge in [-0.2, -0.15) is 5.26 Å². The number of amides is 2. The Balaban J connectivity index is 1.57. The van der Waals surface area contributed by atoms with Crippen LogP contribution in [-0.2, 0) is 22.4 Å². The summed E-state index contributed by atoms with van der Waals surface area (Å²) in [4.78, 5) is 28.4. The van der Waals surface area contributed by atoms with E-state index in [0.717, 1.165) is 17.5 Å². The van der Waals surface area contributed by atoms with Crippen LogP contribution in [0.1, 0.15) is 30.9 Å². The zero-order valence-corrected chi connectivity index (χ0v) is 17.0. The van der Waals surface area contributed by atoms with Crippen LogP contribution in [0.4, 0.5) is 0 Å². The van der Waals surface area contributed by atoms with Gasteiger partial charge in [0.15, 0.2) is 0 Å². The maximum absolute atomic E-state index is 12.6. The Morgan fingerprint density at radius 3 is 2.57 bits per heavy atom. The molecule has 2 aromatic carbocycles. The van der Waals surface area contributed by atoms with E-state index in [2.05, 4.69) is 21.7 Å². The lowest BCUT2D eigenvalue weighted by molar-refractivity contribution is -0.129. The van der Waals surface area contributed by atoms with E-state index in [0.29, 0.717) is 19.3 Å². The number of carbonyl (C=O) groups is 2. The molecule has 3 rings (SSSR count). The summed E-state index contributed by atoms with van der Waals surface area (Å²) in [6.45, 7) is 1.61. The number of rotatable bonds is 9. The molecule has 2 amide bonds. The summed E-state index contributed by atoms with van der Waals surface area (Å²) < 4.78 is 0. The Morgan fingerprint density at radius 2 is 1.80 bits per heavy atom. The Morgan fingerprint density at radius 1 is 1.07 bits per heavy atom. The van der Waals surface area contributed by atoms with Gasteiger partial charge in [0.25, 0.3) is 0 Å². The first kappa shape index (κ1) is 21.1. The molecule has 6 nitrogen and oxygen atoms in total. The molecule has 1 aromatic heterocycles. The molecule has 0 radical (unpaired) electrons. The van der Waals surface area contributed by atoms with E-state index in [1.54, 1.807) is 6.92 Å². The highest BCUT2D eigenvalue weighted by Gasteiger charge is 2.22. The molecule has 0 fully saturated rings. The van der Waals surface area contributed by atoms with Crippen LogP contribution >= 0.6 is 0 Å². The van der Waals surface area contributed by atoms with E-state index in [9.17, 15) is 9.59 Å². The summed E-state index contributed by atoms with van der Waals surface area (Å²) in [7, 11) is 0. The molecule has 0 spiro atoms. The van der Waals surface area contributed by atoms with Gasteiger partial charge in [0.05, 0.1) is 6.07 Å². The summed E-state index contributed by atoms with van der Waals surface area (Å²) in [5.41, 5.74) is 3.21. The predicted molar refractivity (Wildman–Crippen MR) is 117 cm³/mol. The molecule has 30 heavy (non-hydrogen) atoms. The number of hydrogen-bond donors (Lipinski definition) is 3. The number of aromatic amines is 1. The highest BCUT2D eigenvalue weighted by Crippen LogP contribution is 2.19. The summed E-state index contributed by atoms with van der Waals surface area (Å²) in [6, 6.07) is 18.3. The SMILES string of the molecule is CC(C#N)NC(=O)C(Cc1ccccc1)NC(=O)CCCc1c[nH]c2ccccc12. The molecule has 0 bridgehead atoms. The third kappa shape index (κ3) is 5.71. The number of nitrogens with zero attached hydrogens (tertiary/aromatic N) is 1. The van der Waals surface area contributed by atoms with Crippen LogP contribution in [-0.4, -0.2) is 28.9 Å². The monoisotopic (exact) mass is 402 g/mol.